The van der Waals surface area contributed by atoms with Crippen molar-refractivity contribution in [1.29, 1.82) is 0 Å². The molecule has 4 nitrogen and oxygen atoms in total. The van der Waals surface area contributed by atoms with E-state index in [9.17, 15) is 0 Å². The van der Waals surface area contributed by atoms with E-state index in [-0.39, 0.29) is 0 Å². The summed E-state index contributed by atoms with van der Waals surface area (Å²) in [5.41, 5.74) is 1.49. The molecule has 1 aromatic rings. The average Bonchev–Trinajstić information content (AvgIpc) is 2.06. The van der Waals surface area contributed by atoms with Gasteiger partial charge in [0.1, 0.15) is 0 Å². The maximum Gasteiger partial charge on any atom is 0.0734 e. The van der Waals surface area contributed by atoms with Crippen molar-refractivity contribution < 1.29 is 10.4 Å². The minimum atomic E-state index is 0.745. The van der Waals surface area contributed by atoms with Crippen LogP contribution in [0.5, 0.6) is 0 Å². The summed E-state index contributed by atoms with van der Waals surface area (Å²) in [6.45, 7) is 0. The molecule has 0 saturated heterocycles. The van der Waals surface area contributed by atoms with Crippen molar-refractivity contribution in [3.63, 3.8) is 0 Å². The van der Waals surface area contributed by atoms with E-state index in [1.54, 1.807) is 24.3 Å². The lowest BCUT2D eigenvalue weighted by molar-refractivity contribution is 0.322. The minimum absolute atomic E-state index is 0.745. The maximum absolute atomic E-state index is 8.23. The highest BCUT2D eigenvalue weighted by Crippen LogP contribution is 2.00. The van der Waals surface area contributed by atoms with E-state index in [4.69, 9.17) is 10.4 Å². The van der Waals surface area contributed by atoms with Crippen LogP contribution < -0.4 is 0 Å². The Bertz CT molecular complexity index is 280. The number of hydrogen-bond donors (Lipinski definition) is 2. The van der Waals surface area contributed by atoms with Crippen molar-refractivity contribution in [2.24, 2.45) is 10.3 Å². The lowest BCUT2D eigenvalue weighted by Crippen LogP contribution is -1.85. The second kappa shape index (κ2) is 4.12. The smallest absolute Gasteiger partial charge is 0.0734 e. The van der Waals surface area contributed by atoms with Gasteiger partial charge in [0.25, 0.3) is 0 Å². The fourth-order valence-corrected chi connectivity index (χ4v) is 0.853. The summed E-state index contributed by atoms with van der Waals surface area (Å²) in [6.07, 6.45) is 2.60. The first-order chi connectivity index (χ1) is 5.86. The van der Waals surface area contributed by atoms with Crippen LogP contribution in [0.25, 0.3) is 0 Å². The lowest BCUT2D eigenvalue weighted by atomic mass is 10.1. The molecule has 0 bridgehead atoms. The van der Waals surface area contributed by atoms with Crippen LogP contribution >= 0.6 is 0 Å². The first kappa shape index (κ1) is 8.26. The summed E-state index contributed by atoms with van der Waals surface area (Å²) in [5.74, 6) is 0. The van der Waals surface area contributed by atoms with Crippen molar-refractivity contribution in [1.82, 2.24) is 0 Å². The van der Waals surface area contributed by atoms with E-state index < -0.39 is 0 Å². The molecule has 2 N–H and O–H groups in total. The molecule has 0 unspecified atom stereocenters. The van der Waals surface area contributed by atoms with Gasteiger partial charge in [0, 0.05) is 0 Å². The second-order valence-corrected chi connectivity index (χ2v) is 2.16. The van der Waals surface area contributed by atoms with Gasteiger partial charge in [-0.05, 0) is 17.2 Å². The molecule has 0 radical (unpaired) electrons. The summed E-state index contributed by atoms with van der Waals surface area (Å²) in [4.78, 5) is 0. The summed E-state index contributed by atoms with van der Waals surface area (Å²) in [6, 6.07) is 7.04. The number of nitrogens with zero attached hydrogens (tertiary/aromatic N) is 2. The zero-order valence-electron chi connectivity index (χ0n) is 6.25. The average molecular weight is 164 g/mol. The van der Waals surface area contributed by atoms with Gasteiger partial charge in [0.15, 0.2) is 0 Å². The first-order valence-electron chi connectivity index (χ1n) is 3.32. The summed E-state index contributed by atoms with van der Waals surface area (Å²) < 4.78 is 0. The molecule has 0 spiro atoms. The predicted molar refractivity (Wildman–Crippen MR) is 45.2 cm³/mol. The zero-order valence-corrected chi connectivity index (χ0v) is 6.25. The molecule has 1 rings (SSSR count). The van der Waals surface area contributed by atoms with Crippen molar-refractivity contribution in [2.45, 2.75) is 0 Å². The third-order valence-electron chi connectivity index (χ3n) is 1.32. The van der Waals surface area contributed by atoms with Gasteiger partial charge in [0.05, 0.1) is 12.4 Å². The standard InChI is InChI=1S/C8H8N2O2/c11-9-5-7-2-1-3-8(4-7)6-10-12/h1-6,11-12H/b9-5+,10-6+. The van der Waals surface area contributed by atoms with Crippen LogP contribution in [-0.2, 0) is 0 Å². The van der Waals surface area contributed by atoms with Crippen molar-refractivity contribution in [3.05, 3.63) is 35.4 Å². The minimum Gasteiger partial charge on any atom is -0.411 e. The van der Waals surface area contributed by atoms with Crippen LogP contribution in [0.3, 0.4) is 0 Å². The van der Waals surface area contributed by atoms with Gasteiger partial charge < -0.3 is 10.4 Å². The Morgan fingerprint density at radius 3 is 1.92 bits per heavy atom. The molecule has 0 aliphatic heterocycles. The quantitative estimate of drug-likeness (QED) is 0.393. The van der Waals surface area contributed by atoms with E-state index >= 15 is 0 Å². The van der Waals surface area contributed by atoms with Crippen LogP contribution in [0.15, 0.2) is 34.6 Å². The Morgan fingerprint density at radius 2 is 1.50 bits per heavy atom. The van der Waals surface area contributed by atoms with Crippen LogP contribution in [0, 0.1) is 0 Å². The Morgan fingerprint density at radius 1 is 1.00 bits per heavy atom. The number of oxime groups is 2. The van der Waals surface area contributed by atoms with E-state index in [0.717, 1.165) is 11.1 Å². The lowest BCUT2D eigenvalue weighted by Gasteiger charge is -1.92. The van der Waals surface area contributed by atoms with Crippen molar-refractivity contribution in [2.75, 3.05) is 0 Å². The highest BCUT2D eigenvalue weighted by atomic mass is 16.4. The third-order valence-corrected chi connectivity index (χ3v) is 1.32. The van der Waals surface area contributed by atoms with Gasteiger partial charge >= 0.3 is 0 Å². The highest BCUT2D eigenvalue weighted by Gasteiger charge is 1.89. The Labute approximate surface area is 69.4 Å². The molecule has 0 aliphatic rings. The maximum atomic E-state index is 8.23. The molecule has 0 aliphatic carbocycles. The molecule has 0 amide bonds. The molecular formula is C8H8N2O2. The van der Waals surface area contributed by atoms with Gasteiger partial charge in [-0.15, -0.1) is 0 Å². The van der Waals surface area contributed by atoms with Crippen LogP contribution in [0.1, 0.15) is 11.1 Å². The molecule has 12 heavy (non-hydrogen) atoms. The summed E-state index contributed by atoms with van der Waals surface area (Å²) in [7, 11) is 0. The van der Waals surface area contributed by atoms with Gasteiger partial charge in [-0.2, -0.15) is 0 Å². The molecule has 1 aromatic carbocycles. The molecular weight excluding hydrogens is 156 g/mol. The molecule has 0 aromatic heterocycles. The van der Waals surface area contributed by atoms with Crippen molar-refractivity contribution >= 4 is 12.4 Å². The second-order valence-electron chi connectivity index (χ2n) is 2.16. The topological polar surface area (TPSA) is 65.2 Å². The molecule has 4 heteroatoms. The Hall–Kier alpha value is -1.84. The zero-order chi connectivity index (χ0) is 8.81. The van der Waals surface area contributed by atoms with Gasteiger partial charge in [0.2, 0.25) is 0 Å². The van der Waals surface area contributed by atoms with E-state index in [0.29, 0.717) is 0 Å². The fraction of sp³-hybridized carbons (Fsp3) is 0. The fourth-order valence-electron chi connectivity index (χ4n) is 0.853. The van der Waals surface area contributed by atoms with Crippen LogP contribution in [0.2, 0.25) is 0 Å². The molecule has 0 atom stereocenters. The SMILES string of the molecule is O/N=C/c1cccc(/C=N/O)c1. The number of rotatable bonds is 2. The van der Waals surface area contributed by atoms with E-state index in [1.807, 2.05) is 0 Å². The normalized spacial score (nSPS) is 11.3. The summed E-state index contributed by atoms with van der Waals surface area (Å²) in [5, 5.41) is 22.2. The highest BCUT2D eigenvalue weighted by molar-refractivity contribution is 5.85. The largest absolute Gasteiger partial charge is 0.411 e. The number of benzene rings is 1. The molecule has 0 heterocycles. The Balaban J connectivity index is 2.95. The van der Waals surface area contributed by atoms with E-state index in [1.165, 1.54) is 12.4 Å². The van der Waals surface area contributed by atoms with Gasteiger partial charge in [-0.1, -0.05) is 28.5 Å². The summed E-state index contributed by atoms with van der Waals surface area (Å²) >= 11 is 0. The van der Waals surface area contributed by atoms with Crippen LogP contribution in [-0.4, -0.2) is 22.8 Å². The molecule has 62 valence electrons. The third kappa shape index (κ3) is 2.09. The predicted octanol–water partition coefficient (Wildman–Crippen LogP) is 1.30. The molecule has 0 fully saturated rings. The monoisotopic (exact) mass is 164 g/mol. The van der Waals surface area contributed by atoms with Crippen LogP contribution in [0.4, 0.5) is 0 Å². The van der Waals surface area contributed by atoms with Crippen molar-refractivity contribution in [3.8, 4) is 0 Å². The number of hydrogen-bond acceptors (Lipinski definition) is 4. The Kier molecular flexibility index (Phi) is 2.84. The van der Waals surface area contributed by atoms with E-state index in [2.05, 4.69) is 10.3 Å². The van der Waals surface area contributed by atoms with Gasteiger partial charge in [-0.3, -0.25) is 0 Å². The first-order valence-corrected chi connectivity index (χ1v) is 3.32. The van der Waals surface area contributed by atoms with Gasteiger partial charge in [-0.25, -0.2) is 0 Å². The molecule has 0 saturated carbocycles.